The van der Waals surface area contributed by atoms with E-state index >= 15 is 0 Å². The molecule has 1 amide bonds. The number of carbonyl (C=O) groups is 1. The molecule has 0 aliphatic carbocycles. The summed E-state index contributed by atoms with van der Waals surface area (Å²) >= 11 is 6.07. The molecule has 2 heterocycles. The van der Waals surface area contributed by atoms with Gasteiger partial charge in [-0.1, -0.05) is 35.0 Å². The second-order valence-corrected chi connectivity index (χ2v) is 6.92. The lowest BCUT2D eigenvalue weighted by Crippen LogP contribution is -2.24. The third-order valence-corrected chi connectivity index (χ3v) is 4.73. The molecule has 0 saturated heterocycles. The van der Waals surface area contributed by atoms with Gasteiger partial charge in [-0.05, 0) is 42.0 Å². The summed E-state index contributed by atoms with van der Waals surface area (Å²) in [6, 6.07) is 15.7. The van der Waals surface area contributed by atoms with E-state index in [4.69, 9.17) is 16.1 Å². The van der Waals surface area contributed by atoms with Crippen LogP contribution >= 0.6 is 11.6 Å². The first-order chi connectivity index (χ1) is 15.0. The van der Waals surface area contributed by atoms with Gasteiger partial charge in [0.2, 0.25) is 0 Å². The molecule has 4 rings (SSSR count). The van der Waals surface area contributed by atoms with Gasteiger partial charge < -0.3 is 9.84 Å². The van der Waals surface area contributed by atoms with E-state index in [9.17, 15) is 14.0 Å². The third kappa shape index (κ3) is 4.84. The summed E-state index contributed by atoms with van der Waals surface area (Å²) in [5.74, 6) is -1.08. The summed E-state index contributed by atoms with van der Waals surface area (Å²) in [5.41, 5.74) is 1.47. The zero-order chi connectivity index (χ0) is 21.8. The quantitative estimate of drug-likeness (QED) is 0.495. The summed E-state index contributed by atoms with van der Waals surface area (Å²) in [7, 11) is 0. The van der Waals surface area contributed by atoms with E-state index in [-0.39, 0.29) is 36.2 Å². The van der Waals surface area contributed by atoms with Crippen LogP contribution in [0.1, 0.15) is 22.1 Å². The lowest BCUT2D eigenvalue weighted by Gasteiger charge is -2.05. The molecule has 10 heteroatoms. The number of amides is 1. The van der Waals surface area contributed by atoms with Gasteiger partial charge in [-0.15, -0.1) is 0 Å². The minimum absolute atomic E-state index is 0.102. The number of rotatable bonds is 6. The molecular formula is C21H15ClFN5O3. The van der Waals surface area contributed by atoms with E-state index < -0.39 is 5.91 Å². The first kappa shape index (κ1) is 20.4. The lowest BCUT2D eigenvalue weighted by atomic mass is 10.1. The Bertz CT molecular complexity index is 1290. The smallest absolute Gasteiger partial charge is 0.316 e. The molecule has 31 heavy (non-hydrogen) atoms. The van der Waals surface area contributed by atoms with Crippen LogP contribution in [0.4, 0.5) is 4.39 Å². The summed E-state index contributed by atoms with van der Waals surface area (Å²) in [6.45, 7) is 0.0894. The van der Waals surface area contributed by atoms with Crippen LogP contribution < -0.4 is 10.9 Å². The molecule has 0 bridgehead atoms. The number of hydrogen-bond acceptors (Lipinski definition) is 6. The zero-order valence-corrected chi connectivity index (χ0v) is 16.7. The highest BCUT2D eigenvalue weighted by molar-refractivity contribution is 6.31. The number of nitrogens with zero attached hydrogens (tertiary/aromatic N) is 4. The minimum Gasteiger partial charge on any atom is -0.344 e. The van der Waals surface area contributed by atoms with Gasteiger partial charge in [0.1, 0.15) is 12.4 Å². The molecule has 4 aromatic rings. The Morgan fingerprint density at radius 3 is 2.65 bits per heavy atom. The van der Waals surface area contributed by atoms with Crippen molar-refractivity contribution in [1.82, 2.24) is 25.2 Å². The van der Waals surface area contributed by atoms with Gasteiger partial charge in [-0.25, -0.2) is 9.07 Å². The Morgan fingerprint density at radius 1 is 1.10 bits per heavy atom. The van der Waals surface area contributed by atoms with Crippen molar-refractivity contribution >= 4 is 17.5 Å². The molecule has 0 saturated carbocycles. The van der Waals surface area contributed by atoms with E-state index in [2.05, 4.69) is 20.6 Å². The van der Waals surface area contributed by atoms with Gasteiger partial charge in [0, 0.05) is 23.2 Å². The Kier molecular flexibility index (Phi) is 5.85. The zero-order valence-electron chi connectivity index (χ0n) is 16.0. The highest BCUT2D eigenvalue weighted by Crippen LogP contribution is 2.16. The first-order valence-electron chi connectivity index (χ1n) is 9.18. The number of nitrogens with one attached hydrogen (secondary N) is 1. The normalized spacial score (nSPS) is 10.8. The van der Waals surface area contributed by atoms with Crippen LogP contribution in [0.3, 0.4) is 0 Å². The largest absolute Gasteiger partial charge is 0.344 e. The maximum Gasteiger partial charge on any atom is 0.316 e. The molecule has 0 atom stereocenters. The van der Waals surface area contributed by atoms with Crippen molar-refractivity contribution in [2.75, 3.05) is 0 Å². The number of aromatic nitrogens is 4. The average Bonchev–Trinajstić information content (AvgIpc) is 3.24. The first-order valence-corrected chi connectivity index (χ1v) is 9.56. The minimum atomic E-state index is -0.570. The van der Waals surface area contributed by atoms with E-state index in [1.165, 1.54) is 24.3 Å². The van der Waals surface area contributed by atoms with Gasteiger partial charge in [0.15, 0.2) is 5.82 Å². The fourth-order valence-electron chi connectivity index (χ4n) is 2.77. The van der Waals surface area contributed by atoms with Crippen molar-refractivity contribution in [2.24, 2.45) is 0 Å². The summed E-state index contributed by atoms with van der Waals surface area (Å²) < 4.78 is 19.3. The Hall–Kier alpha value is -3.85. The predicted molar refractivity (Wildman–Crippen MR) is 110 cm³/mol. The third-order valence-electron chi connectivity index (χ3n) is 4.36. The molecule has 2 aromatic carbocycles. The molecule has 1 N–H and O–H groups in total. The summed E-state index contributed by atoms with van der Waals surface area (Å²) in [5, 5.41) is 11.2. The molecule has 2 aromatic heterocycles. The second-order valence-electron chi connectivity index (χ2n) is 6.51. The van der Waals surface area contributed by atoms with Crippen molar-refractivity contribution < 1.29 is 13.7 Å². The van der Waals surface area contributed by atoms with Crippen LogP contribution in [-0.2, 0) is 13.1 Å². The molecule has 0 aliphatic rings. The Morgan fingerprint density at radius 2 is 1.87 bits per heavy atom. The van der Waals surface area contributed by atoms with Crippen LogP contribution in [0.2, 0.25) is 5.02 Å². The van der Waals surface area contributed by atoms with E-state index in [1.807, 2.05) is 6.07 Å². The highest BCUT2D eigenvalue weighted by Gasteiger charge is 2.16. The molecule has 0 aliphatic heterocycles. The molecule has 0 unspecified atom stereocenters. The van der Waals surface area contributed by atoms with Gasteiger partial charge in [-0.3, -0.25) is 9.59 Å². The van der Waals surface area contributed by atoms with Crippen molar-refractivity contribution in [2.45, 2.75) is 13.1 Å². The van der Waals surface area contributed by atoms with Crippen molar-refractivity contribution in [3.05, 3.63) is 99.1 Å². The molecule has 156 valence electrons. The van der Waals surface area contributed by atoms with Crippen LogP contribution in [0.25, 0.3) is 11.3 Å². The number of hydrogen-bond donors (Lipinski definition) is 1. The maximum absolute atomic E-state index is 13.1. The topological polar surface area (TPSA) is 103 Å². The van der Waals surface area contributed by atoms with E-state index in [1.54, 1.807) is 30.3 Å². The summed E-state index contributed by atoms with van der Waals surface area (Å²) in [6.07, 6.45) is 0. The van der Waals surface area contributed by atoms with Crippen molar-refractivity contribution in [3.8, 4) is 11.3 Å². The van der Waals surface area contributed by atoms with Gasteiger partial charge in [0.25, 0.3) is 5.56 Å². The SMILES string of the molecule is O=C(NCc1ccccc1Cl)c1nc(Cn2nc(-c3ccc(F)cc3)ccc2=O)no1. The Labute approximate surface area is 180 Å². The van der Waals surface area contributed by atoms with Crippen LogP contribution in [-0.4, -0.2) is 25.8 Å². The number of halogens is 2. The van der Waals surface area contributed by atoms with Gasteiger partial charge >= 0.3 is 11.8 Å². The van der Waals surface area contributed by atoms with Crippen LogP contribution in [0, 0.1) is 5.82 Å². The predicted octanol–water partition coefficient (Wildman–Crippen LogP) is 3.06. The molecular weight excluding hydrogens is 425 g/mol. The Balaban J connectivity index is 1.46. The monoisotopic (exact) mass is 439 g/mol. The van der Waals surface area contributed by atoms with Crippen LogP contribution in [0.5, 0.6) is 0 Å². The molecule has 0 radical (unpaired) electrons. The number of carbonyl (C=O) groups excluding carboxylic acids is 1. The van der Waals surface area contributed by atoms with Crippen molar-refractivity contribution in [1.29, 1.82) is 0 Å². The maximum atomic E-state index is 13.1. The van der Waals surface area contributed by atoms with Gasteiger partial charge in [-0.2, -0.15) is 10.1 Å². The average molecular weight is 440 g/mol. The van der Waals surface area contributed by atoms with E-state index in [0.29, 0.717) is 16.3 Å². The lowest BCUT2D eigenvalue weighted by molar-refractivity contribution is 0.0907. The standard InChI is InChI=1S/C21H15ClFN5O3/c22-16-4-2-1-3-14(16)11-24-20(30)21-25-18(27-31-21)12-28-19(29)10-9-17(26-28)13-5-7-15(23)8-6-13/h1-10H,11-12H2,(H,24,30). The second kappa shape index (κ2) is 8.88. The number of benzene rings is 2. The fourth-order valence-corrected chi connectivity index (χ4v) is 2.98. The van der Waals surface area contributed by atoms with E-state index in [0.717, 1.165) is 10.2 Å². The van der Waals surface area contributed by atoms with Gasteiger partial charge in [0.05, 0.1) is 5.69 Å². The van der Waals surface area contributed by atoms with Crippen molar-refractivity contribution in [3.63, 3.8) is 0 Å². The highest BCUT2D eigenvalue weighted by atomic mass is 35.5. The summed E-state index contributed by atoms with van der Waals surface area (Å²) in [4.78, 5) is 28.4. The molecule has 0 spiro atoms. The molecule has 0 fully saturated rings. The fraction of sp³-hybridized carbons (Fsp3) is 0.0952. The van der Waals surface area contributed by atoms with Crippen LogP contribution in [0.15, 0.2) is 70.0 Å². The molecule has 8 nitrogen and oxygen atoms in total.